The number of rotatable bonds is 3. The normalized spacial score (nSPS) is 10.3. The zero-order valence-corrected chi connectivity index (χ0v) is 12.0. The van der Waals surface area contributed by atoms with Gasteiger partial charge in [0.1, 0.15) is 0 Å². The van der Waals surface area contributed by atoms with Gasteiger partial charge >= 0.3 is 5.97 Å². The molecule has 5 nitrogen and oxygen atoms in total. The minimum Gasteiger partial charge on any atom is -0.478 e. The molecule has 0 aliphatic rings. The Balaban J connectivity index is 2.32. The number of aromatic carboxylic acids is 1. The maximum atomic E-state index is 10.9. The largest absolute Gasteiger partial charge is 0.478 e. The Morgan fingerprint density at radius 2 is 2.11 bits per heavy atom. The van der Waals surface area contributed by atoms with Crippen LogP contribution in [0.3, 0.4) is 0 Å². The molecule has 0 unspecified atom stereocenters. The summed E-state index contributed by atoms with van der Waals surface area (Å²) in [7, 11) is 0. The van der Waals surface area contributed by atoms with Gasteiger partial charge in [0.15, 0.2) is 0 Å². The minimum absolute atomic E-state index is 0.108. The van der Waals surface area contributed by atoms with Crippen LogP contribution in [0.25, 0.3) is 0 Å². The molecule has 1 heterocycles. The third kappa shape index (κ3) is 2.90. The van der Waals surface area contributed by atoms with Crippen LogP contribution in [0.15, 0.2) is 28.9 Å². The molecule has 19 heavy (non-hydrogen) atoms. The molecule has 0 saturated heterocycles. The van der Waals surface area contributed by atoms with Crippen LogP contribution >= 0.6 is 15.9 Å². The molecular formula is C13H12BrN3O2. The molecule has 0 aliphatic heterocycles. The number of aromatic nitrogens is 2. The van der Waals surface area contributed by atoms with E-state index in [0.717, 1.165) is 15.7 Å². The van der Waals surface area contributed by atoms with E-state index in [4.69, 9.17) is 5.11 Å². The first-order valence-electron chi connectivity index (χ1n) is 5.58. The number of hydrogen-bond donors (Lipinski definition) is 2. The number of anilines is 2. The number of carboxylic acids is 1. The summed E-state index contributed by atoms with van der Waals surface area (Å²) >= 11 is 3.45. The summed E-state index contributed by atoms with van der Waals surface area (Å²) in [6.45, 7) is 3.61. The predicted molar refractivity (Wildman–Crippen MR) is 75.9 cm³/mol. The van der Waals surface area contributed by atoms with E-state index in [1.54, 1.807) is 6.92 Å². The Hall–Kier alpha value is -1.95. The summed E-state index contributed by atoms with van der Waals surface area (Å²) in [6, 6.07) is 5.75. The molecule has 0 amide bonds. The fourth-order valence-corrected chi connectivity index (χ4v) is 1.97. The highest BCUT2D eigenvalue weighted by Gasteiger charge is 2.10. The summed E-state index contributed by atoms with van der Waals surface area (Å²) in [5.41, 5.74) is 2.44. The van der Waals surface area contributed by atoms with E-state index in [1.807, 2.05) is 25.1 Å². The fourth-order valence-electron chi connectivity index (χ4n) is 1.60. The Kier molecular flexibility index (Phi) is 3.80. The lowest BCUT2D eigenvalue weighted by atomic mass is 10.2. The molecule has 2 aromatic rings. The lowest BCUT2D eigenvalue weighted by Crippen LogP contribution is -2.06. The highest BCUT2D eigenvalue weighted by molar-refractivity contribution is 9.10. The average Bonchev–Trinajstić information content (AvgIpc) is 2.34. The molecule has 1 aromatic carbocycles. The van der Waals surface area contributed by atoms with Gasteiger partial charge in [-0.1, -0.05) is 22.0 Å². The van der Waals surface area contributed by atoms with Gasteiger partial charge in [-0.2, -0.15) is 0 Å². The zero-order chi connectivity index (χ0) is 14.0. The summed E-state index contributed by atoms with van der Waals surface area (Å²) in [4.78, 5) is 19.0. The van der Waals surface area contributed by atoms with Crippen molar-refractivity contribution in [1.82, 2.24) is 9.97 Å². The van der Waals surface area contributed by atoms with Gasteiger partial charge in [0.2, 0.25) is 5.95 Å². The van der Waals surface area contributed by atoms with Crippen molar-refractivity contribution in [1.29, 1.82) is 0 Å². The van der Waals surface area contributed by atoms with Crippen LogP contribution in [-0.2, 0) is 0 Å². The lowest BCUT2D eigenvalue weighted by molar-refractivity contribution is 0.0695. The van der Waals surface area contributed by atoms with Crippen molar-refractivity contribution in [3.63, 3.8) is 0 Å². The highest BCUT2D eigenvalue weighted by Crippen LogP contribution is 2.25. The zero-order valence-electron chi connectivity index (χ0n) is 10.4. The second kappa shape index (κ2) is 5.36. The van der Waals surface area contributed by atoms with Crippen LogP contribution in [-0.4, -0.2) is 21.0 Å². The van der Waals surface area contributed by atoms with E-state index >= 15 is 0 Å². The second-order valence-electron chi connectivity index (χ2n) is 4.04. The monoisotopic (exact) mass is 321 g/mol. The molecule has 0 aliphatic carbocycles. The molecule has 0 bridgehead atoms. The van der Waals surface area contributed by atoms with Gasteiger partial charge in [-0.3, -0.25) is 0 Å². The van der Waals surface area contributed by atoms with Crippen molar-refractivity contribution in [3.8, 4) is 0 Å². The number of carbonyl (C=O) groups is 1. The number of aryl methyl sites for hydroxylation is 1. The first-order valence-corrected chi connectivity index (χ1v) is 6.37. The first-order chi connectivity index (χ1) is 8.99. The summed E-state index contributed by atoms with van der Waals surface area (Å²) in [5.74, 6) is -0.647. The van der Waals surface area contributed by atoms with Gasteiger partial charge in [-0.15, -0.1) is 0 Å². The number of benzene rings is 1. The average molecular weight is 322 g/mol. The van der Waals surface area contributed by atoms with Gasteiger partial charge in [0, 0.05) is 16.4 Å². The number of carboxylic acid groups (broad SMARTS) is 1. The quantitative estimate of drug-likeness (QED) is 0.907. The van der Waals surface area contributed by atoms with Crippen molar-refractivity contribution in [3.05, 3.63) is 45.7 Å². The van der Waals surface area contributed by atoms with Crippen LogP contribution in [0.4, 0.5) is 11.6 Å². The molecule has 2 rings (SSSR count). The van der Waals surface area contributed by atoms with Gasteiger partial charge in [0.05, 0.1) is 11.3 Å². The molecule has 6 heteroatoms. The molecule has 0 fully saturated rings. The summed E-state index contributed by atoms with van der Waals surface area (Å²) in [5, 5.41) is 12.0. The smallest absolute Gasteiger partial charge is 0.339 e. The molecule has 1 aromatic heterocycles. The maximum Gasteiger partial charge on any atom is 0.339 e. The van der Waals surface area contributed by atoms with Crippen LogP contribution in [0.2, 0.25) is 0 Å². The van der Waals surface area contributed by atoms with Gasteiger partial charge in [-0.25, -0.2) is 14.8 Å². The number of nitrogens with one attached hydrogen (secondary N) is 1. The van der Waals surface area contributed by atoms with Crippen molar-refractivity contribution >= 4 is 33.5 Å². The van der Waals surface area contributed by atoms with E-state index in [2.05, 4.69) is 31.2 Å². The highest BCUT2D eigenvalue weighted by atomic mass is 79.9. The van der Waals surface area contributed by atoms with Crippen LogP contribution in [0.5, 0.6) is 0 Å². The van der Waals surface area contributed by atoms with E-state index in [1.165, 1.54) is 6.20 Å². The topological polar surface area (TPSA) is 75.1 Å². The standard InChI is InChI=1S/C13H12BrN3O2/c1-7-10(14)4-3-5-11(7)17-13-15-6-9(12(18)19)8(2)16-13/h3-6H,1-2H3,(H,18,19)(H,15,16,17). The third-order valence-corrected chi connectivity index (χ3v) is 3.58. The number of hydrogen-bond acceptors (Lipinski definition) is 4. The Morgan fingerprint density at radius 3 is 2.74 bits per heavy atom. The lowest BCUT2D eigenvalue weighted by Gasteiger charge is -2.10. The number of nitrogens with zero attached hydrogens (tertiary/aromatic N) is 2. The van der Waals surface area contributed by atoms with Gasteiger partial charge < -0.3 is 10.4 Å². The van der Waals surface area contributed by atoms with Crippen LogP contribution in [0.1, 0.15) is 21.6 Å². The Labute approximate surface area is 118 Å². The molecule has 0 radical (unpaired) electrons. The van der Waals surface area contributed by atoms with Crippen molar-refractivity contribution in [2.75, 3.05) is 5.32 Å². The second-order valence-corrected chi connectivity index (χ2v) is 4.89. The Bertz CT molecular complexity index is 644. The SMILES string of the molecule is Cc1nc(Nc2cccc(Br)c2C)ncc1C(=O)O. The summed E-state index contributed by atoms with van der Waals surface area (Å²) < 4.78 is 0.983. The van der Waals surface area contributed by atoms with E-state index in [0.29, 0.717) is 11.6 Å². The fraction of sp³-hybridized carbons (Fsp3) is 0.154. The molecule has 0 atom stereocenters. The first kappa shape index (κ1) is 13.5. The van der Waals surface area contributed by atoms with Crippen molar-refractivity contribution < 1.29 is 9.90 Å². The minimum atomic E-state index is -1.03. The van der Waals surface area contributed by atoms with E-state index < -0.39 is 5.97 Å². The van der Waals surface area contributed by atoms with E-state index in [9.17, 15) is 4.79 Å². The third-order valence-electron chi connectivity index (χ3n) is 2.72. The molecule has 98 valence electrons. The van der Waals surface area contributed by atoms with Crippen molar-refractivity contribution in [2.24, 2.45) is 0 Å². The van der Waals surface area contributed by atoms with Crippen LogP contribution in [0, 0.1) is 13.8 Å². The molecular weight excluding hydrogens is 310 g/mol. The van der Waals surface area contributed by atoms with Gasteiger partial charge in [-0.05, 0) is 31.5 Å². The summed E-state index contributed by atoms with van der Waals surface area (Å²) in [6.07, 6.45) is 1.31. The number of halogens is 1. The Morgan fingerprint density at radius 1 is 1.37 bits per heavy atom. The molecule has 2 N–H and O–H groups in total. The molecule has 0 spiro atoms. The predicted octanol–water partition coefficient (Wildman–Crippen LogP) is 3.30. The van der Waals surface area contributed by atoms with Crippen molar-refractivity contribution in [2.45, 2.75) is 13.8 Å². The van der Waals surface area contributed by atoms with Crippen LogP contribution < -0.4 is 5.32 Å². The molecule has 0 saturated carbocycles. The maximum absolute atomic E-state index is 10.9. The van der Waals surface area contributed by atoms with E-state index in [-0.39, 0.29) is 5.56 Å². The van der Waals surface area contributed by atoms with Gasteiger partial charge in [0.25, 0.3) is 0 Å².